The second kappa shape index (κ2) is 3.92. The molecule has 0 radical (unpaired) electrons. The van der Waals surface area contributed by atoms with Gasteiger partial charge in [-0.25, -0.2) is 4.79 Å². The lowest BCUT2D eigenvalue weighted by molar-refractivity contribution is -0.150. The van der Waals surface area contributed by atoms with Crippen LogP contribution in [0.4, 0.5) is 0 Å². The van der Waals surface area contributed by atoms with Crippen LogP contribution >= 0.6 is 0 Å². The third-order valence-electron chi connectivity index (χ3n) is 1.48. The first-order valence-corrected chi connectivity index (χ1v) is 3.51. The smallest absolute Gasteiger partial charge is 0.335 e. The monoisotopic (exact) mass is 170 g/mol. The van der Waals surface area contributed by atoms with E-state index in [1.165, 1.54) is 19.6 Å². The number of hydrogen-bond acceptors (Lipinski definition) is 4. The van der Waals surface area contributed by atoms with Crippen LogP contribution in [0.1, 0.15) is 5.56 Å². The van der Waals surface area contributed by atoms with Gasteiger partial charge in [-0.3, -0.25) is 0 Å². The van der Waals surface area contributed by atoms with E-state index in [1.807, 2.05) is 0 Å². The van der Waals surface area contributed by atoms with Crippen molar-refractivity contribution >= 4 is 5.97 Å². The Morgan fingerprint density at radius 3 is 3.08 bits per heavy atom. The standard InChI is InChI=1S/C8H10O4/c1-11-8(10)7(9)4-6-2-3-12-5-6/h2-3,5,7,9H,4H2,1H3. The molecule has 1 N–H and O–H groups in total. The fraction of sp³-hybridized carbons (Fsp3) is 0.375. The molecule has 0 aliphatic carbocycles. The van der Waals surface area contributed by atoms with Gasteiger partial charge < -0.3 is 14.3 Å². The number of carbonyl (C=O) groups is 1. The lowest BCUT2D eigenvalue weighted by Gasteiger charge is -2.05. The van der Waals surface area contributed by atoms with E-state index in [-0.39, 0.29) is 6.42 Å². The molecule has 66 valence electrons. The largest absolute Gasteiger partial charge is 0.472 e. The first-order chi connectivity index (χ1) is 5.74. The van der Waals surface area contributed by atoms with Crippen LogP contribution < -0.4 is 0 Å². The Labute approximate surface area is 69.8 Å². The highest BCUT2D eigenvalue weighted by atomic mass is 16.5. The molecular formula is C8H10O4. The Bertz CT molecular complexity index is 240. The van der Waals surface area contributed by atoms with Crippen molar-refractivity contribution in [3.63, 3.8) is 0 Å². The summed E-state index contributed by atoms with van der Waals surface area (Å²) in [7, 11) is 1.24. The fourth-order valence-electron chi connectivity index (χ4n) is 0.851. The molecule has 4 heteroatoms. The van der Waals surface area contributed by atoms with Crippen LogP contribution in [0.2, 0.25) is 0 Å². The second-order valence-corrected chi connectivity index (χ2v) is 2.37. The normalized spacial score (nSPS) is 12.5. The molecule has 1 heterocycles. The van der Waals surface area contributed by atoms with Crippen LogP contribution in [0.15, 0.2) is 23.0 Å². The first-order valence-electron chi connectivity index (χ1n) is 3.51. The molecule has 1 unspecified atom stereocenters. The molecule has 0 fully saturated rings. The average Bonchev–Trinajstić information content (AvgIpc) is 2.55. The predicted octanol–water partition coefficient (Wildman–Crippen LogP) is 0.356. The Balaban J connectivity index is 2.47. The molecule has 0 bridgehead atoms. The zero-order valence-electron chi connectivity index (χ0n) is 6.69. The number of esters is 1. The van der Waals surface area contributed by atoms with E-state index in [9.17, 15) is 9.90 Å². The van der Waals surface area contributed by atoms with Gasteiger partial charge in [0.05, 0.1) is 19.6 Å². The number of aliphatic hydroxyl groups excluding tert-OH is 1. The van der Waals surface area contributed by atoms with Crippen LogP contribution in [-0.4, -0.2) is 24.3 Å². The maximum Gasteiger partial charge on any atom is 0.335 e. The van der Waals surface area contributed by atoms with E-state index in [0.717, 1.165) is 5.56 Å². The summed E-state index contributed by atoms with van der Waals surface area (Å²) in [5.74, 6) is -0.629. The number of rotatable bonds is 3. The van der Waals surface area contributed by atoms with E-state index >= 15 is 0 Å². The fourth-order valence-corrected chi connectivity index (χ4v) is 0.851. The summed E-state index contributed by atoms with van der Waals surface area (Å²) in [5, 5.41) is 9.17. The summed E-state index contributed by atoms with van der Waals surface area (Å²) < 4.78 is 9.11. The summed E-state index contributed by atoms with van der Waals surface area (Å²) in [4.78, 5) is 10.7. The lowest BCUT2D eigenvalue weighted by Crippen LogP contribution is -2.23. The molecule has 0 spiro atoms. The van der Waals surface area contributed by atoms with Gasteiger partial charge in [0.15, 0.2) is 6.10 Å². The van der Waals surface area contributed by atoms with Gasteiger partial charge in [-0.2, -0.15) is 0 Å². The highest BCUT2D eigenvalue weighted by Crippen LogP contribution is 2.04. The van der Waals surface area contributed by atoms with E-state index < -0.39 is 12.1 Å². The van der Waals surface area contributed by atoms with Crippen molar-refractivity contribution in [3.8, 4) is 0 Å². The topological polar surface area (TPSA) is 59.7 Å². The number of ether oxygens (including phenoxy) is 1. The van der Waals surface area contributed by atoms with E-state index in [2.05, 4.69) is 4.74 Å². The molecule has 4 nitrogen and oxygen atoms in total. The van der Waals surface area contributed by atoms with Gasteiger partial charge in [0, 0.05) is 6.42 Å². The molecule has 0 aromatic carbocycles. The van der Waals surface area contributed by atoms with Crippen molar-refractivity contribution in [2.24, 2.45) is 0 Å². The van der Waals surface area contributed by atoms with Gasteiger partial charge >= 0.3 is 5.97 Å². The van der Waals surface area contributed by atoms with Gasteiger partial charge in [0.1, 0.15) is 0 Å². The summed E-state index contributed by atoms with van der Waals surface area (Å²) >= 11 is 0. The SMILES string of the molecule is COC(=O)C(O)Cc1ccoc1. The van der Waals surface area contributed by atoms with Crippen LogP contribution in [-0.2, 0) is 16.0 Å². The van der Waals surface area contributed by atoms with Gasteiger partial charge in [-0.05, 0) is 11.6 Å². The minimum Gasteiger partial charge on any atom is -0.472 e. The van der Waals surface area contributed by atoms with Crippen molar-refractivity contribution in [1.29, 1.82) is 0 Å². The molecular weight excluding hydrogens is 160 g/mol. The van der Waals surface area contributed by atoms with Crippen LogP contribution in [0.5, 0.6) is 0 Å². The molecule has 0 saturated carbocycles. The summed E-state index contributed by atoms with van der Waals surface area (Å²) in [6, 6.07) is 1.69. The highest BCUT2D eigenvalue weighted by molar-refractivity contribution is 5.74. The van der Waals surface area contributed by atoms with Gasteiger partial charge in [0.25, 0.3) is 0 Å². The minimum absolute atomic E-state index is 0.225. The zero-order chi connectivity index (χ0) is 8.97. The molecule has 1 rings (SSSR count). The van der Waals surface area contributed by atoms with Crippen LogP contribution in [0, 0.1) is 0 Å². The minimum atomic E-state index is -1.10. The number of aliphatic hydroxyl groups is 1. The van der Waals surface area contributed by atoms with Crippen molar-refractivity contribution in [1.82, 2.24) is 0 Å². The van der Waals surface area contributed by atoms with E-state index in [0.29, 0.717) is 0 Å². The van der Waals surface area contributed by atoms with Gasteiger partial charge in [0.2, 0.25) is 0 Å². The molecule has 1 atom stereocenters. The first kappa shape index (κ1) is 8.80. The molecule has 1 aromatic heterocycles. The lowest BCUT2D eigenvalue weighted by atomic mass is 10.1. The molecule has 1 aromatic rings. The van der Waals surface area contributed by atoms with Crippen LogP contribution in [0.25, 0.3) is 0 Å². The second-order valence-electron chi connectivity index (χ2n) is 2.37. The predicted molar refractivity (Wildman–Crippen MR) is 40.4 cm³/mol. The maximum absolute atomic E-state index is 10.7. The number of carbonyl (C=O) groups excluding carboxylic acids is 1. The van der Waals surface area contributed by atoms with Crippen molar-refractivity contribution in [2.45, 2.75) is 12.5 Å². The Morgan fingerprint density at radius 2 is 2.58 bits per heavy atom. The van der Waals surface area contributed by atoms with E-state index in [1.54, 1.807) is 6.07 Å². The van der Waals surface area contributed by atoms with Crippen molar-refractivity contribution in [3.05, 3.63) is 24.2 Å². The van der Waals surface area contributed by atoms with Crippen molar-refractivity contribution in [2.75, 3.05) is 7.11 Å². The Hall–Kier alpha value is -1.29. The van der Waals surface area contributed by atoms with Crippen molar-refractivity contribution < 1.29 is 19.1 Å². The zero-order valence-corrected chi connectivity index (χ0v) is 6.69. The summed E-state index contributed by atoms with van der Waals surface area (Å²) in [5.41, 5.74) is 0.771. The van der Waals surface area contributed by atoms with Crippen LogP contribution in [0.3, 0.4) is 0 Å². The quantitative estimate of drug-likeness (QED) is 0.665. The average molecular weight is 170 g/mol. The molecule has 0 aliphatic rings. The summed E-state index contributed by atoms with van der Waals surface area (Å²) in [6.07, 6.45) is 2.09. The Morgan fingerprint density at radius 1 is 1.83 bits per heavy atom. The number of furan rings is 1. The molecule has 0 aliphatic heterocycles. The Kier molecular flexibility index (Phi) is 2.88. The highest BCUT2D eigenvalue weighted by Gasteiger charge is 2.15. The third-order valence-corrected chi connectivity index (χ3v) is 1.48. The van der Waals surface area contributed by atoms with E-state index in [4.69, 9.17) is 4.42 Å². The van der Waals surface area contributed by atoms with Gasteiger partial charge in [-0.15, -0.1) is 0 Å². The number of methoxy groups -OCH3 is 1. The maximum atomic E-state index is 10.7. The number of hydrogen-bond donors (Lipinski definition) is 1. The van der Waals surface area contributed by atoms with Gasteiger partial charge in [-0.1, -0.05) is 0 Å². The molecule has 0 amide bonds. The third kappa shape index (κ3) is 2.10. The molecule has 12 heavy (non-hydrogen) atoms. The summed E-state index contributed by atoms with van der Waals surface area (Å²) in [6.45, 7) is 0. The molecule has 0 saturated heterocycles.